The summed E-state index contributed by atoms with van der Waals surface area (Å²) in [6.07, 6.45) is 1.49. The van der Waals surface area contributed by atoms with Crippen molar-refractivity contribution in [1.82, 2.24) is 15.0 Å². The molecule has 0 radical (unpaired) electrons. The predicted octanol–water partition coefficient (Wildman–Crippen LogP) is 3.71. The summed E-state index contributed by atoms with van der Waals surface area (Å²) in [5.74, 6) is 0. The van der Waals surface area contributed by atoms with Crippen LogP contribution < -0.4 is 0 Å². The van der Waals surface area contributed by atoms with Crippen molar-refractivity contribution in [2.24, 2.45) is 0 Å². The average Bonchev–Trinajstić information content (AvgIpc) is 3.02. The minimum absolute atomic E-state index is 0.0420. The van der Waals surface area contributed by atoms with Crippen molar-refractivity contribution in [3.05, 3.63) is 80.1 Å². The Balaban J connectivity index is 1.71. The molecule has 142 valence electrons. The van der Waals surface area contributed by atoms with E-state index in [0.29, 0.717) is 16.6 Å². The maximum absolute atomic E-state index is 9.37. The van der Waals surface area contributed by atoms with Crippen LogP contribution in [-0.2, 0) is 32.6 Å². The van der Waals surface area contributed by atoms with Crippen LogP contribution in [0.3, 0.4) is 0 Å². The van der Waals surface area contributed by atoms with Crippen LogP contribution in [-0.4, -0.2) is 25.2 Å². The van der Waals surface area contributed by atoms with Crippen LogP contribution in [0.2, 0.25) is 10.0 Å². The average molecular weight is 406 g/mol. The number of hydrogen-bond acceptors (Lipinski definition) is 4. The maximum Gasteiger partial charge on any atom is 0.0859 e. The Bertz CT molecular complexity index is 919. The number of aryl methyl sites for hydroxylation is 2. The summed E-state index contributed by atoms with van der Waals surface area (Å²) in [4.78, 5) is 0. The molecule has 0 aliphatic rings. The highest BCUT2D eigenvalue weighted by Crippen LogP contribution is 2.23. The van der Waals surface area contributed by atoms with Crippen LogP contribution in [0.4, 0.5) is 0 Å². The third-order valence-electron chi connectivity index (χ3n) is 4.52. The summed E-state index contributed by atoms with van der Waals surface area (Å²) in [6.45, 7) is 2.49. The van der Waals surface area contributed by atoms with E-state index in [1.54, 1.807) is 6.07 Å². The SMILES string of the molecule is Cc1c(CCc2cc(CO)cc(CO)c2)nnn1Cc1ccc(Cl)c(Cl)c1. The van der Waals surface area contributed by atoms with E-state index in [2.05, 4.69) is 10.3 Å². The van der Waals surface area contributed by atoms with Gasteiger partial charge in [-0.05, 0) is 54.2 Å². The molecule has 27 heavy (non-hydrogen) atoms. The summed E-state index contributed by atoms with van der Waals surface area (Å²) in [6, 6.07) is 11.2. The molecule has 0 aliphatic heterocycles. The van der Waals surface area contributed by atoms with Crippen LogP contribution >= 0.6 is 23.2 Å². The van der Waals surface area contributed by atoms with Crippen molar-refractivity contribution in [1.29, 1.82) is 0 Å². The standard InChI is InChI=1S/C20H21Cl2N3O2/c1-13-20(5-3-14-6-16(11-26)8-17(7-14)12-27)23-24-25(13)10-15-2-4-18(21)19(22)9-15/h2,4,6-9,26-27H,3,5,10-12H2,1H3. The second kappa shape index (κ2) is 8.85. The van der Waals surface area contributed by atoms with Crippen LogP contribution in [0, 0.1) is 6.92 Å². The number of halogens is 2. The molecule has 2 aromatic carbocycles. The Morgan fingerprint density at radius 2 is 1.52 bits per heavy atom. The van der Waals surface area contributed by atoms with Crippen molar-refractivity contribution in [2.45, 2.75) is 39.5 Å². The lowest BCUT2D eigenvalue weighted by Gasteiger charge is -2.07. The van der Waals surface area contributed by atoms with Crippen molar-refractivity contribution in [3.63, 3.8) is 0 Å². The number of hydrogen-bond donors (Lipinski definition) is 2. The summed E-state index contributed by atoms with van der Waals surface area (Å²) in [5, 5.41) is 28.3. The van der Waals surface area contributed by atoms with Gasteiger partial charge in [0.25, 0.3) is 0 Å². The molecule has 2 N–H and O–H groups in total. The fourth-order valence-electron chi connectivity index (χ4n) is 3.02. The van der Waals surface area contributed by atoms with Crippen molar-refractivity contribution in [3.8, 4) is 0 Å². The number of aliphatic hydroxyl groups is 2. The Morgan fingerprint density at radius 3 is 2.15 bits per heavy atom. The Kier molecular flexibility index (Phi) is 6.50. The normalized spacial score (nSPS) is 11.1. The van der Waals surface area contributed by atoms with Crippen LogP contribution in [0.5, 0.6) is 0 Å². The molecular formula is C20H21Cl2N3O2. The minimum atomic E-state index is -0.0420. The number of aromatic nitrogens is 3. The van der Waals surface area contributed by atoms with Gasteiger partial charge in [0.05, 0.1) is 41.2 Å². The highest BCUT2D eigenvalue weighted by molar-refractivity contribution is 6.42. The molecule has 0 saturated carbocycles. The monoisotopic (exact) mass is 405 g/mol. The van der Waals surface area contributed by atoms with Crippen LogP contribution in [0.15, 0.2) is 36.4 Å². The molecule has 0 amide bonds. The van der Waals surface area contributed by atoms with Gasteiger partial charge in [0.2, 0.25) is 0 Å². The van der Waals surface area contributed by atoms with Gasteiger partial charge < -0.3 is 10.2 Å². The van der Waals surface area contributed by atoms with Crippen molar-refractivity contribution >= 4 is 23.2 Å². The molecule has 0 fully saturated rings. The third kappa shape index (κ3) is 4.87. The topological polar surface area (TPSA) is 71.2 Å². The summed E-state index contributed by atoms with van der Waals surface area (Å²) < 4.78 is 1.85. The van der Waals surface area contributed by atoms with E-state index in [0.717, 1.165) is 46.5 Å². The smallest absolute Gasteiger partial charge is 0.0859 e. The molecule has 0 atom stereocenters. The first-order valence-corrected chi connectivity index (χ1v) is 9.42. The first kappa shape index (κ1) is 19.8. The maximum atomic E-state index is 9.37. The number of rotatable bonds is 7. The van der Waals surface area contributed by atoms with Gasteiger partial charge in [-0.1, -0.05) is 52.7 Å². The fraction of sp³-hybridized carbons (Fsp3) is 0.300. The highest BCUT2D eigenvalue weighted by Gasteiger charge is 2.11. The number of nitrogens with zero attached hydrogens (tertiary/aromatic N) is 3. The minimum Gasteiger partial charge on any atom is -0.392 e. The zero-order valence-corrected chi connectivity index (χ0v) is 16.5. The van der Waals surface area contributed by atoms with E-state index in [1.165, 1.54) is 0 Å². The highest BCUT2D eigenvalue weighted by atomic mass is 35.5. The lowest BCUT2D eigenvalue weighted by Crippen LogP contribution is -2.04. The molecule has 0 spiro atoms. The molecule has 0 unspecified atom stereocenters. The van der Waals surface area contributed by atoms with Crippen molar-refractivity contribution < 1.29 is 10.2 Å². The molecule has 0 saturated heterocycles. The van der Waals surface area contributed by atoms with Crippen LogP contribution in [0.1, 0.15) is 33.6 Å². The largest absolute Gasteiger partial charge is 0.392 e. The van der Waals surface area contributed by atoms with Gasteiger partial charge in [-0.2, -0.15) is 0 Å². The molecule has 0 bridgehead atoms. The van der Waals surface area contributed by atoms with Gasteiger partial charge in [-0.3, -0.25) is 0 Å². The van der Waals surface area contributed by atoms with Crippen molar-refractivity contribution in [2.75, 3.05) is 0 Å². The molecular weight excluding hydrogens is 385 g/mol. The van der Waals surface area contributed by atoms with Gasteiger partial charge in [0, 0.05) is 0 Å². The second-order valence-electron chi connectivity index (χ2n) is 6.50. The summed E-state index contributed by atoms with van der Waals surface area (Å²) in [5.41, 5.74) is 5.60. The zero-order chi connectivity index (χ0) is 19.4. The first-order chi connectivity index (χ1) is 13.0. The van der Waals surface area contributed by atoms with E-state index in [9.17, 15) is 10.2 Å². The molecule has 7 heteroatoms. The quantitative estimate of drug-likeness (QED) is 0.628. The van der Waals surface area contributed by atoms with Gasteiger partial charge in [0.15, 0.2) is 0 Å². The van der Waals surface area contributed by atoms with Gasteiger partial charge in [-0.15, -0.1) is 5.10 Å². The van der Waals surface area contributed by atoms with E-state index in [-0.39, 0.29) is 13.2 Å². The number of benzene rings is 2. The van der Waals surface area contributed by atoms with Gasteiger partial charge >= 0.3 is 0 Å². The fourth-order valence-corrected chi connectivity index (χ4v) is 3.34. The van der Waals surface area contributed by atoms with Gasteiger partial charge in [-0.25, -0.2) is 4.68 Å². The molecule has 1 aromatic heterocycles. The zero-order valence-electron chi connectivity index (χ0n) is 15.0. The number of aliphatic hydroxyl groups excluding tert-OH is 2. The molecule has 5 nitrogen and oxygen atoms in total. The summed E-state index contributed by atoms with van der Waals surface area (Å²) >= 11 is 12.0. The lowest BCUT2D eigenvalue weighted by atomic mass is 10.0. The van der Waals surface area contributed by atoms with E-state index in [1.807, 2.05) is 41.9 Å². The third-order valence-corrected chi connectivity index (χ3v) is 5.26. The van der Waals surface area contributed by atoms with Crippen LogP contribution in [0.25, 0.3) is 0 Å². The van der Waals surface area contributed by atoms with E-state index in [4.69, 9.17) is 23.2 Å². The molecule has 3 rings (SSSR count). The van der Waals surface area contributed by atoms with E-state index < -0.39 is 0 Å². The Morgan fingerprint density at radius 1 is 0.852 bits per heavy atom. The molecule has 0 aliphatic carbocycles. The molecule has 1 heterocycles. The Hall–Kier alpha value is -1.92. The van der Waals surface area contributed by atoms with Gasteiger partial charge in [0.1, 0.15) is 0 Å². The predicted molar refractivity (Wildman–Crippen MR) is 106 cm³/mol. The second-order valence-corrected chi connectivity index (χ2v) is 7.32. The first-order valence-electron chi connectivity index (χ1n) is 8.66. The Labute approximate surface area is 168 Å². The summed E-state index contributed by atoms with van der Waals surface area (Å²) in [7, 11) is 0. The molecule has 3 aromatic rings. The lowest BCUT2D eigenvalue weighted by molar-refractivity contribution is 0.275. The van der Waals surface area contributed by atoms with E-state index >= 15 is 0 Å².